The normalized spacial score (nSPS) is 9.87. The highest BCUT2D eigenvalue weighted by molar-refractivity contribution is 5.86. The molecule has 0 fully saturated rings. The molecule has 119 valence electrons. The summed E-state index contributed by atoms with van der Waals surface area (Å²) in [5, 5.41) is 11.8. The molecule has 0 atom stereocenters. The molecule has 0 unspecified atom stereocenters. The quantitative estimate of drug-likeness (QED) is 0.733. The van der Waals surface area contributed by atoms with Gasteiger partial charge < -0.3 is 15.2 Å². The standard InChI is InChI=1S/C10H9N2O3.C7H9N/c1-14-8-3-6-7(4-9(8)15-2)11-5-12-10(6)13;1-6-3-2-4-7(8)5-6/h3-5H,1-2H3;2-5H,8H2,1H3. The van der Waals surface area contributed by atoms with Gasteiger partial charge in [-0.15, -0.1) is 0 Å². The van der Waals surface area contributed by atoms with Crippen LogP contribution in [0.1, 0.15) is 5.56 Å². The third-order valence-corrected chi connectivity index (χ3v) is 3.15. The zero-order valence-electron chi connectivity index (χ0n) is 13.2. The predicted octanol–water partition coefficient (Wildman–Crippen LogP) is 3.37. The molecule has 0 aliphatic rings. The number of hydrogen-bond donors (Lipinski definition) is 1. The van der Waals surface area contributed by atoms with Crippen LogP contribution in [0.3, 0.4) is 0 Å². The number of aryl methyl sites for hydroxylation is 1. The minimum Gasteiger partial charge on any atom is -0.493 e. The Morgan fingerprint density at radius 2 is 1.70 bits per heavy atom. The molecule has 1 heterocycles. The van der Waals surface area contributed by atoms with Gasteiger partial charge in [-0.05, 0) is 30.7 Å². The second kappa shape index (κ2) is 7.31. The van der Waals surface area contributed by atoms with Crippen molar-refractivity contribution in [2.24, 2.45) is 0 Å². The van der Waals surface area contributed by atoms with Gasteiger partial charge in [-0.1, -0.05) is 12.1 Å². The Morgan fingerprint density at radius 1 is 1.00 bits per heavy atom. The zero-order valence-corrected chi connectivity index (χ0v) is 13.2. The van der Waals surface area contributed by atoms with Gasteiger partial charge in [0.2, 0.25) is 0 Å². The van der Waals surface area contributed by atoms with E-state index in [1.807, 2.05) is 31.2 Å². The first kappa shape index (κ1) is 16.4. The number of ether oxygens (including phenoxy) is 2. The summed E-state index contributed by atoms with van der Waals surface area (Å²) in [6.07, 6.45) is 1.23. The third kappa shape index (κ3) is 4.00. The zero-order chi connectivity index (χ0) is 16.8. The van der Waals surface area contributed by atoms with Crippen LogP contribution in [0.5, 0.6) is 17.4 Å². The van der Waals surface area contributed by atoms with E-state index >= 15 is 0 Å². The fourth-order valence-corrected chi connectivity index (χ4v) is 2.03. The molecule has 2 aromatic carbocycles. The highest BCUT2D eigenvalue weighted by atomic mass is 16.5. The monoisotopic (exact) mass is 312 g/mol. The maximum atomic E-state index is 11.4. The van der Waals surface area contributed by atoms with Crippen LogP contribution in [0.2, 0.25) is 0 Å². The van der Waals surface area contributed by atoms with Gasteiger partial charge >= 0.3 is 0 Å². The Bertz CT molecular complexity index is 789. The number of aromatic nitrogens is 2. The molecule has 0 saturated heterocycles. The average molecular weight is 312 g/mol. The van der Waals surface area contributed by atoms with Crippen molar-refractivity contribution in [3.8, 4) is 17.4 Å². The van der Waals surface area contributed by atoms with Crippen molar-refractivity contribution in [1.29, 1.82) is 0 Å². The van der Waals surface area contributed by atoms with Gasteiger partial charge in [-0.2, -0.15) is 4.98 Å². The molecule has 0 aliphatic heterocycles. The number of rotatable bonds is 2. The lowest BCUT2D eigenvalue weighted by atomic mass is 10.2. The van der Waals surface area contributed by atoms with Gasteiger partial charge in [0, 0.05) is 11.8 Å². The van der Waals surface area contributed by atoms with Crippen LogP contribution in [0.25, 0.3) is 10.9 Å². The van der Waals surface area contributed by atoms with E-state index in [4.69, 9.17) is 15.2 Å². The Hall–Kier alpha value is -3.02. The van der Waals surface area contributed by atoms with E-state index in [0.29, 0.717) is 22.4 Å². The van der Waals surface area contributed by atoms with Crippen LogP contribution >= 0.6 is 0 Å². The minimum atomic E-state index is -0.319. The molecule has 3 rings (SSSR count). The van der Waals surface area contributed by atoms with Crippen LogP contribution < -0.4 is 15.2 Å². The molecule has 0 spiro atoms. The number of anilines is 1. The molecule has 2 N–H and O–H groups in total. The Labute approximate surface area is 134 Å². The minimum absolute atomic E-state index is 0.319. The number of nitrogen functional groups attached to an aromatic ring is 1. The maximum absolute atomic E-state index is 11.4. The van der Waals surface area contributed by atoms with E-state index in [1.165, 1.54) is 26.1 Å². The smallest absolute Gasteiger partial charge is 0.280 e. The maximum Gasteiger partial charge on any atom is 0.280 e. The fourth-order valence-electron chi connectivity index (χ4n) is 2.03. The van der Waals surface area contributed by atoms with Crippen molar-refractivity contribution in [2.75, 3.05) is 20.0 Å². The van der Waals surface area contributed by atoms with Crippen LogP contribution in [0, 0.1) is 6.92 Å². The second-order valence-electron chi connectivity index (χ2n) is 4.82. The molecule has 1 aromatic heterocycles. The highest BCUT2D eigenvalue weighted by Gasteiger charge is 2.10. The van der Waals surface area contributed by atoms with Gasteiger partial charge in [-0.25, -0.2) is 4.98 Å². The summed E-state index contributed by atoms with van der Waals surface area (Å²) in [5.74, 6) is 0.723. The van der Waals surface area contributed by atoms with Crippen molar-refractivity contribution < 1.29 is 14.6 Å². The lowest BCUT2D eigenvalue weighted by Crippen LogP contribution is -1.92. The molecular weight excluding hydrogens is 294 g/mol. The lowest BCUT2D eigenvalue weighted by Gasteiger charge is -2.08. The van der Waals surface area contributed by atoms with Gasteiger partial charge in [0.15, 0.2) is 11.5 Å². The molecule has 0 amide bonds. The molecule has 0 saturated carbocycles. The van der Waals surface area contributed by atoms with E-state index in [-0.39, 0.29) is 5.88 Å². The third-order valence-electron chi connectivity index (χ3n) is 3.15. The molecule has 3 aromatic rings. The van der Waals surface area contributed by atoms with Crippen molar-refractivity contribution >= 4 is 16.6 Å². The van der Waals surface area contributed by atoms with Crippen LogP contribution in [0.4, 0.5) is 5.69 Å². The largest absolute Gasteiger partial charge is 0.493 e. The summed E-state index contributed by atoms with van der Waals surface area (Å²) >= 11 is 0. The van der Waals surface area contributed by atoms with Crippen LogP contribution in [-0.2, 0) is 5.11 Å². The van der Waals surface area contributed by atoms with Crippen molar-refractivity contribution in [1.82, 2.24) is 9.97 Å². The van der Waals surface area contributed by atoms with Gasteiger partial charge in [0.05, 0.1) is 25.1 Å². The summed E-state index contributed by atoms with van der Waals surface area (Å²) in [6.45, 7) is 2.02. The molecule has 23 heavy (non-hydrogen) atoms. The van der Waals surface area contributed by atoms with Gasteiger partial charge in [0.1, 0.15) is 6.33 Å². The van der Waals surface area contributed by atoms with Crippen molar-refractivity contribution in [3.05, 3.63) is 48.3 Å². The van der Waals surface area contributed by atoms with E-state index in [0.717, 1.165) is 5.69 Å². The van der Waals surface area contributed by atoms with E-state index in [2.05, 4.69) is 9.97 Å². The molecule has 0 bridgehead atoms. The first-order valence-corrected chi connectivity index (χ1v) is 6.91. The fraction of sp³-hybridized carbons (Fsp3) is 0.176. The predicted molar refractivity (Wildman–Crippen MR) is 88.4 cm³/mol. The summed E-state index contributed by atoms with van der Waals surface area (Å²) in [5.41, 5.74) is 8.06. The Morgan fingerprint density at radius 3 is 2.26 bits per heavy atom. The van der Waals surface area contributed by atoms with Crippen molar-refractivity contribution in [3.63, 3.8) is 0 Å². The Kier molecular flexibility index (Phi) is 5.19. The number of nitrogens with two attached hydrogens (primary N) is 1. The summed E-state index contributed by atoms with van der Waals surface area (Å²) in [4.78, 5) is 7.55. The van der Waals surface area contributed by atoms with Crippen molar-refractivity contribution in [2.45, 2.75) is 6.92 Å². The van der Waals surface area contributed by atoms with Gasteiger partial charge in [0.25, 0.3) is 5.88 Å². The number of fused-ring (bicyclic) bond motifs is 1. The number of benzene rings is 2. The Balaban J connectivity index is 0.000000203. The molecule has 1 radical (unpaired) electrons. The number of nitrogens with zero attached hydrogens (tertiary/aromatic N) is 2. The van der Waals surface area contributed by atoms with E-state index in [1.54, 1.807) is 12.1 Å². The summed E-state index contributed by atoms with van der Waals surface area (Å²) in [6, 6.07) is 11.0. The lowest BCUT2D eigenvalue weighted by molar-refractivity contribution is 0.340. The molecule has 6 nitrogen and oxygen atoms in total. The topological polar surface area (TPSA) is 90.2 Å². The first-order valence-electron chi connectivity index (χ1n) is 6.91. The average Bonchev–Trinajstić information content (AvgIpc) is 2.54. The molecular formula is C17H18N3O3. The van der Waals surface area contributed by atoms with E-state index < -0.39 is 0 Å². The molecule has 0 aliphatic carbocycles. The number of methoxy groups -OCH3 is 2. The molecule has 6 heteroatoms. The first-order chi connectivity index (χ1) is 11.0. The second-order valence-corrected chi connectivity index (χ2v) is 4.82. The number of hydrogen-bond acceptors (Lipinski definition) is 5. The summed E-state index contributed by atoms with van der Waals surface area (Å²) < 4.78 is 10.2. The van der Waals surface area contributed by atoms with Crippen LogP contribution in [0.15, 0.2) is 42.7 Å². The van der Waals surface area contributed by atoms with Crippen LogP contribution in [-0.4, -0.2) is 24.2 Å². The van der Waals surface area contributed by atoms with E-state index in [9.17, 15) is 5.11 Å². The van der Waals surface area contributed by atoms with Gasteiger partial charge in [-0.3, -0.25) is 5.11 Å². The SMILES string of the molecule is COc1cc2ncnc([O])c2cc1OC.Cc1cccc(N)c1. The summed E-state index contributed by atoms with van der Waals surface area (Å²) in [7, 11) is 3.04. The highest BCUT2D eigenvalue weighted by Crippen LogP contribution is 2.33.